The van der Waals surface area contributed by atoms with Crippen molar-refractivity contribution < 1.29 is 28.5 Å². The van der Waals surface area contributed by atoms with Gasteiger partial charge in [0.15, 0.2) is 13.6 Å². The van der Waals surface area contributed by atoms with E-state index in [9.17, 15) is 4.79 Å². The molecule has 0 atom stereocenters. The fraction of sp³-hybridized carbons (Fsp3) is 0.706. The summed E-state index contributed by atoms with van der Waals surface area (Å²) in [5.74, 6) is 0.812. The van der Waals surface area contributed by atoms with Crippen molar-refractivity contribution in [2.45, 2.75) is 47.1 Å². The van der Waals surface area contributed by atoms with Crippen molar-refractivity contribution in [1.82, 2.24) is 0 Å². The first-order chi connectivity index (χ1) is 10.7. The van der Waals surface area contributed by atoms with Gasteiger partial charge in [-0.05, 0) is 34.1 Å². The van der Waals surface area contributed by atoms with Crippen LogP contribution in [-0.2, 0) is 28.5 Å². The van der Waals surface area contributed by atoms with E-state index in [0.29, 0.717) is 17.9 Å². The molecule has 0 aromatic heterocycles. The summed E-state index contributed by atoms with van der Waals surface area (Å²) in [6.07, 6.45) is 0.133. The topological polar surface area (TPSA) is 63.2 Å². The number of rotatable bonds is 13. The first-order valence-corrected chi connectivity index (χ1v) is 7.62. The minimum Gasteiger partial charge on any atom is -0.473 e. The van der Waals surface area contributed by atoms with E-state index in [1.807, 2.05) is 20.8 Å². The van der Waals surface area contributed by atoms with Crippen LogP contribution < -0.4 is 0 Å². The molecule has 0 aromatic rings. The van der Waals surface area contributed by atoms with Crippen LogP contribution in [0.4, 0.5) is 0 Å². The number of allylic oxidation sites excluding steroid dienone is 2. The highest BCUT2D eigenvalue weighted by Crippen LogP contribution is 2.22. The zero-order valence-corrected chi connectivity index (χ0v) is 15.0. The van der Waals surface area contributed by atoms with Crippen molar-refractivity contribution in [1.29, 1.82) is 0 Å². The van der Waals surface area contributed by atoms with Gasteiger partial charge >= 0.3 is 5.97 Å². The van der Waals surface area contributed by atoms with Crippen LogP contribution in [0.25, 0.3) is 0 Å². The second-order valence-electron chi connectivity index (χ2n) is 5.93. The summed E-state index contributed by atoms with van der Waals surface area (Å²) in [4.78, 5) is 12.2. The molecule has 0 N–H and O–H groups in total. The van der Waals surface area contributed by atoms with Crippen LogP contribution in [0.1, 0.15) is 41.0 Å². The van der Waals surface area contributed by atoms with E-state index in [-0.39, 0.29) is 32.8 Å². The molecule has 0 saturated heterocycles. The van der Waals surface area contributed by atoms with Crippen molar-refractivity contribution in [3.8, 4) is 0 Å². The van der Waals surface area contributed by atoms with Gasteiger partial charge in [-0.2, -0.15) is 0 Å². The Balaban J connectivity index is 4.38. The van der Waals surface area contributed by atoms with Gasteiger partial charge < -0.3 is 23.7 Å². The second kappa shape index (κ2) is 11.1. The molecule has 6 heteroatoms. The van der Waals surface area contributed by atoms with Crippen molar-refractivity contribution in [2.75, 3.05) is 26.8 Å². The van der Waals surface area contributed by atoms with Gasteiger partial charge in [0.2, 0.25) is 0 Å². The van der Waals surface area contributed by atoms with Gasteiger partial charge in [0.1, 0.15) is 6.10 Å². The molecule has 0 bridgehead atoms. The minimum absolute atomic E-state index is 0.0445. The predicted molar refractivity (Wildman–Crippen MR) is 87.4 cm³/mol. The average Bonchev–Trinajstić information content (AvgIpc) is 2.46. The lowest BCUT2D eigenvalue weighted by Gasteiger charge is -2.25. The van der Waals surface area contributed by atoms with Crippen LogP contribution in [-0.4, -0.2) is 38.9 Å². The third kappa shape index (κ3) is 10.8. The lowest BCUT2D eigenvalue weighted by Crippen LogP contribution is -2.35. The first-order valence-electron chi connectivity index (χ1n) is 7.62. The zero-order valence-electron chi connectivity index (χ0n) is 15.0. The van der Waals surface area contributed by atoms with E-state index >= 15 is 0 Å². The van der Waals surface area contributed by atoms with E-state index < -0.39 is 11.5 Å². The number of carbonyl (C=O) groups excluding carboxylic acids is 1. The molecule has 0 rings (SSSR count). The van der Waals surface area contributed by atoms with Gasteiger partial charge in [0, 0.05) is 0 Å². The maximum Gasteiger partial charge on any atom is 0.311 e. The standard InChI is InChI=1S/C17H30O6/c1-8-17(6,7)16(18)23-15(9-19-11-21-13(2)3)10-20-12-22-14(4)5/h15H,2,4,8-12H2,1,3,5-7H3. The van der Waals surface area contributed by atoms with Crippen LogP contribution in [0.5, 0.6) is 0 Å². The van der Waals surface area contributed by atoms with Crippen molar-refractivity contribution in [3.63, 3.8) is 0 Å². The van der Waals surface area contributed by atoms with Gasteiger partial charge in [0.05, 0.1) is 30.1 Å². The van der Waals surface area contributed by atoms with Crippen LogP contribution >= 0.6 is 0 Å². The average molecular weight is 330 g/mol. The molecule has 0 amide bonds. The minimum atomic E-state index is -0.555. The number of carbonyl (C=O) groups is 1. The molecule has 0 aliphatic rings. The summed E-state index contributed by atoms with van der Waals surface area (Å²) in [5, 5.41) is 0. The van der Waals surface area contributed by atoms with Crippen molar-refractivity contribution in [2.24, 2.45) is 5.41 Å². The summed E-state index contributed by atoms with van der Waals surface area (Å²) in [5.41, 5.74) is -0.555. The molecule has 0 fully saturated rings. The Kier molecular flexibility index (Phi) is 10.3. The molecule has 0 unspecified atom stereocenters. The molecule has 0 spiro atoms. The Labute approximate surface area is 139 Å². The second-order valence-corrected chi connectivity index (χ2v) is 5.93. The highest BCUT2D eigenvalue weighted by Gasteiger charge is 2.29. The summed E-state index contributed by atoms with van der Waals surface area (Å²) in [6.45, 7) is 16.7. The van der Waals surface area contributed by atoms with Gasteiger partial charge in [-0.3, -0.25) is 4.79 Å². The largest absolute Gasteiger partial charge is 0.473 e. The Morgan fingerprint density at radius 3 is 1.78 bits per heavy atom. The summed E-state index contributed by atoms with van der Waals surface area (Å²) in [7, 11) is 0. The lowest BCUT2D eigenvalue weighted by atomic mass is 9.90. The normalized spacial score (nSPS) is 11.2. The fourth-order valence-electron chi connectivity index (χ4n) is 1.22. The molecule has 0 radical (unpaired) electrons. The van der Waals surface area contributed by atoms with Crippen LogP contribution in [0, 0.1) is 5.41 Å². The molecular weight excluding hydrogens is 300 g/mol. The number of hydrogen-bond donors (Lipinski definition) is 0. The Morgan fingerprint density at radius 1 is 1.00 bits per heavy atom. The third-order valence-electron chi connectivity index (χ3n) is 3.09. The highest BCUT2D eigenvalue weighted by atomic mass is 16.7. The predicted octanol–water partition coefficient (Wildman–Crippen LogP) is 3.38. The third-order valence-corrected chi connectivity index (χ3v) is 3.09. The van der Waals surface area contributed by atoms with Gasteiger partial charge in [-0.15, -0.1) is 0 Å². The van der Waals surface area contributed by atoms with Gasteiger partial charge in [-0.1, -0.05) is 20.1 Å². The molecule has 0 saturated carbocycles. The van der Waals surface area contributed by atoms with Gasteiger partial charge in [0.25, 0.3) is 0 Å². The fourth-order valence-corrected chi connectivity index (χ4v) is 1.22. The number of hydrogen-bond acceptors (Lipinski definition) is 6. The maximum absolute atomic E-state index is 12.2. The SMILES string of the molecule is C=C(C)OCOCC(COCOC(=C)C)OC(=O)C(C)(C)CC. The van der Waals surface area contributed by atoms with Crippen LogP contribution in [0.15, 0.2) is 24.7 Å². The van der Waals surface area contributed by atoms with E-state index in [0.717, 1.165) is 0 Å². The molecule has 6 nitrogen and oxygen atoms in total. The Bertz CT molecular complexity index is 367. The molecule has 23 heavy (non-hydrogen) atoms. The Morgan fingerprint density at radius 2 is 1.43 bits per heavy atom. The summed E-state index contributed by atoms with van der Waals surface area (Å²) < 4.78 is 26.4. The lowest BCUT2D eigenvalue weighted by molar-refractivity contribution is -0.172. The molecular formula is C17H30O6. The number of esters is 1. The quantitative estimate of drug-likeness (QED) is 0.223. The molecule has 0 heterocycles. The van der Waals surface area contributed by atoms with E-state index in [4.69, 9.17) is 23.7 Å². The highest BCUT2D eigenvalue weighted by molar-refractivity contribution is 5.76. The van der Waals surface area contributed by atoms with E-state index in [1.165, 1.54) is 0 Å². The van der Waals surface area contributed by atoms with Gasteiger partial charge in [-0.25, -0.2) is 0 Å². The summed E-state index contributed by atoms with van der Waals surface area (Å²) in [6, 6.07) is 0. The van der Waals surface area contributed by atoms with E-state index in [2.05, 4.69) is 13.2 Å². The smallest absolute Gasteiger partial charge is 0.311 e. The van der Waals surface area contributed by atoms with Crippen LogP contribution in [0.2, 0.25) is 0 Å². The molecule has 0 aliphatic carbocycles. The van der Waals surface area contributed by atoms with E-state index in [1.54, 1.807) is 13.8 Å². The molecule has 0 aliphatic heterocycles. The Hall–Kier alpha value is -1.53. The van der Waals surface area contributed by atoms with Crippen LogP contribution in [0.3, 0.4) is 0 Å². The molecule has 134 valence electrons. The summed E-state index contributed by atoms with van der Waals surface area (Å²) >= 11 is 0. The maximum atomic E-state index is 12.2. The molecule has 0 aromatic carbocycles. The number of ether oxygens (including phenoxy) is 5. The zero-order chi connectivity index (χ0) is 17.9. The monoisotopic (exact) mass is 330 g/mol. The van der Waals surface area contributed by atoms with Crippen molar-refractivity contribution >= 4 is 5.97 Å². The van der Waals surface area contributed by atoms with Crippen molar-refractivity contribution in [3.05, 3.63) is 24.7 Å². The first kappa shape index (κ1) is 21.5.